The molecule has 0 radical (unpaired) electrons. The quantitative estimate of drug-likeness (QED) is 0.785. The first kappa shape index (κ1) is 15.6. The predicted octanol–water partition coefficient (Wildman–Crippen LogP) is 3.40. The van der Waals surface area contributed by atoms with E-state index in [0.29, 0.717) is 6.54 Å². The van der Waals surface area contributed by atoms with Crippen molar-refractivity contribution in [2.75, 3.05) is 6.61 Å². The van der Waals surface area contributed by atoms with Gasteiger partial charge < -0.3 is 14.4 Å². The predicted molar refractivity (Wildman–Crippen MR) is 91.9 cm³/mol. The van der Waals surface area contributed by atoms with Gasteiger partial charge in [-0.3, -0.25) is 0 Å². The molecular formula is C19H22N2O2. The minimum atomic E-state index is -0.590. The molecule has 0 spiro atoms. The summed E-state index contributed by atoms with van der Waals surface area (Å²) in [4.78, 5) is 4.52. The second-order valence-corrected chi connectivity index (χ2v) is 5.97. The number of aliphatic hydroxyl groups is 1. The summed E-state index contributed by atoms with van der Waals surface area (Å²) in [6.07, 6.45) is -0.590. The summed E-state index contributed by atoms with van der Waals surface area (Å²) >= 11 is 0. The number of hydrogen-bond acceptors (Lipinski definition) is 3. The molecule has 4 nitrogen and oxygen atoms in total. The molecule has 0 amide bonds. The van der Waals surface area contributed by atoms with Crippen LogP contribution in [0, 0.1) is 20.8 Å². The van der Waals surface area contributed by atoms with Gasteiger partial charge in [-0.05, 0) is 56.2 Å². The van der Waals surface area contributed by atoms with Crippen LogP contribution < -0.4 is 4.74 Å². The number of imidazole rings is 1. The van der Waals surface area contributed by atoms with Crippen LogP contribution in [0.3, 0.4) is 0 Å². The highest BCUT2D eigenvalue weighted by Gasteiger charge is 2.12. The Labute approximate surface area is 136 Å². The molecule has 23 heavy (non-hydrogen) atoms. The van der Waals surface area contributed by atoms with Gasteiger partial charge in [0.25, 0.3) is 0 Å². The van der Waals surface area contributed by atoms with Crippen LogP contribution in [-0.4, -0.2) is 27.4 Å². The summed E-state index contributed by atoms with van der Waals surface area (Å²) in [6, 6.07) is 13.9. The Balaban J connectivity index is 1.67. The van der Waals surface area contributed by atoms with Crippen molar-refractivity contribution in [3.8, 4) is 5.75 Å². The molecule has 0 aliphatic rings. The maximum atomic E-state index is 10.3. The summed E-state index contributed by atoms with van der Waals surface area (Å²) in [7, 11) is 0. The first-order valence-corrected chi connectivity index (χ1v) is 7.84. The number of benzene rings is 2. The van der Waals surface area contributed by atoms with Crippen LogP contribution in [0.1, 0.15) is 17.0 Å². The molecule has 0 aliphatic heterocycles. The lowest BCUT2D eigenvalue weighted by atomic mass is 10.1. The first-order valence-electron chi connectivity index (χ1n) is 7.84. The third kappa shape index (κ3) is 3.37. The average Bonchev–Trinajstić information content (AvgIpc) is 2.84. The fourth-order valence-corrected chi connectivity index (χ4v) is 2.69. The van der Waals surface area contributed by atoms with Gasteiger partial charge in [0.15, 0.2) is 0 Å². The third-order valence-electron chi connectivity index (χ3n) is 4.16. The van der Waals surface area contributed by atoms with Gasteiger partial charge in [0, 0.05) is 0 Å². The van der Waals surface area contributed by atoms with E-state index in [-0.39, 0.29) is 6.61 Å². The zero-order chi connectivity index (χ0) is 16.4. The lowest BCUT2D eigenvalue weighted by molar-refractivity contribution is 0.0929. The summed E-state index contributed by atoms with van der Waals surface area (Å²) in [6.45, 7) is 6.81. The van der Waals surface area contributed by atoms with Crippen LogP contribution in [0.25, 0.3) is 11.0 Å². The number of rotatable bonds is 5. The van der Waals surface area contributed by atoms with Crippen LogP contribution in [0.4, 0.5) is 0 Å². The number of aryl methyl sites for hydroxylation is 3. The molecule has 1 N–H and O–H groups in total. The van der Waals surface area contributed by atoms with Crippen LogP contribution in [0.2, 0.25) is 0 Å². The van der Waals surface area contributed by atoms with Crippen molar-refractivity contribution < 1.29 is 9.84 Å². The van der Waals surface area contributed by atoms with Crippen molar-refractivity contribution in [2.45, 2.75) is 33.4 Å². The van der Waals surface area contributed by atoms with Gasteiger partial charge in [0.05, 0.1) is 17.6 Å². The Morgan fingerprint density at radius 3 is 2.65 bits per heavy atom. The van der Waals surface area contributed by atoms with Gasteiger partial charge in [0.2, 0.25) is 0 Å². The van der Waals surface area contributed by atoms with E-state index in [4.69, 9.17) is 4.74 Å². The highest BCUT2D eigenvalue weighted by Crippen LogP contribution is 2.18. The minimum absolute atomic E-state index is 0.258. The van der Waals surface area contributed by atoms with Crippen molar-refractivity contribution in [3.05, 3.63) is 59.4 Å². The van der Waals surface area contributed by atoms with E-state index < -0.39 is 6.10 Å². The molecule has 0 saturated carbocycles. The molecule has 0 saturated heterocycles. The number of para-hydroxylation sites is 2. The van der Waals surface area contributed by atoms with Crippen molar-refractivity contribution in [2.24, 2.45) is 0 Å². The molecule has 0 bridgehead atoms. The second kappa shape index (κ2) is 6.42. The average molecular weight is 310 g/mol. The number of nitrogens with zero attached hydrogens (tertiary/aromatic N) is 2. The van der Waals surface area contributed by atoms with Gasteiger partial charge in [-0.15, -0.1) is 0 Å². The van der Waals surface area contributed by atoms with Crippen LogP contribution in [0.5, 0.6) is 5.75 Å². The monoisotopic (exact) mass is 310 g/mol. The highest BCUT2D eigenvalue weighted by molar-refractivity contribution is 5.75. The van der Waals surface area contributed by atoms with Crippen molar-refractivity contribution in [1.82, 2.24) is 9.55 Å². The Bertz CT molecular complexity index is 823. The number of hydrogen-bond donors (Lipinski definition) is 1. The topological polar surface area (TPSA) is 47.3 Å². The van der Waals surface area contributed by atoms with Crippen LogP contribution in [0.15, 0.2) is 42.5 Å². The molecule has 1 heterocycles. The largest absolute Gasteiger partial charge is 0.491 e. The van der Waals surface area contributed by atoms with Gasteiger partial charge in [-0.25, -0.2) is 4.98 Å². The standard InChI is InChI=1S/C19H22N2O2/c1-13-8-9-17(10-14(13)2)23-12-16(22)11-21-15(3)20-18-6-4-5-7-19(18)21/h4-10,16,22H,11-12H2,1-3H3/t16-/m1/s1. The SMILES string of the molecule is Cc1ccc(OC[C@H](O)Cn2c(C)nc3ccccc32)cc1C. The minimum Gasteiger partial charge on any atom is -0.491 e. The fourth-order valence-electron chi connectivity index (χ4n) is 2.69. The molecule has 3 aromatic rings. The van der Waals surface area contributed by atoms with Gasteiger partial charge in [-0.2, -0.15) is 0 Å². The number of fused-ring (bicyclic) bond motifs is 1. The van der Waals surface area contributed by atoms with Crippen LogP contribution in [-0.2, 0) is 6.54 Å². The zero-order valence-electron chi connectivity index (χ0n) is 13.8. The molecule has 0 unspecified atom stereocenters. The number of ether oxygens (including phenoxy) is 1. The van der Waals surface area contributed by atoms with E-state index in [1.807, 2.05) is 54.0 Å². The smallest absolute Gasteiger partial charge is 0.119 e. The van der Waals surface area contributed by atoms with Crippen molar-refractivity contribution in [1.29, 1.82) is 0 Å². The molecule has 0 aliphatic carbocycles. The lowest BCUT2D eigenvalue weighted by Gasteiger charge is -2.15. The van der Waals surface area contributed by atoms with E-state index in [9.17, 15) is 5.11 Å². The summed E-state index contributed by atoms with van der Waals surface area (Å²) in [5.41, 5.74) is 4.41. The van der Waals surface area contributed by atoms with Gasteiger partial charge in [-0.1, -0.05) is 18.2 Å². The maximum absolute atomic E-state index is 10.3. The first-order chi connectivity index (χ1) is 11.0. The van der Waals surface area contributed by atoms with Gasteiger partial charge >= 0.3 is 0 Å². The molecule has 120 valence electrons. The Morgan fingerprint density at radius 1 is 1.09 bits per heavy atom. The zero-order valence-corrected chi connectivity index (χ0v) is 13.8. The van der Waals surface area contributed by atoms with Gasteiger partial charge in [0.1, 0.15) is 24.3 Å². The Hall–Kier alpha value is -2.33. The van der Waals surface area contributed by atoms with Crippen molar-refractivity contribution in [3.63, 3.8) is 0 Å². The molecular weight excluding hydrogens is 288 g/mol. The molecule has 0 fully saturated rings. The van der Waals surface area contributed by atoms with E-state index in [1.54, 1.807) is 0 Å². The maximum Gasteiger partial charge on any atom is 0.119 e. The van der Waals surface area contributed by atoms with Crippen LogP contribution >= 0.6 is 0 Å². The molecule has 1 atom stereocenters. The second-order valence-electron chi connectivity index (χ2n) is 5.97. The summed E-state index contributed by atoms with van der Waals surface area (Å²) < 4.78 is 7.75. The Kier molecular flexibility index (Phi) is 4.35. The van der Waals surface area contributed by atoms with Crippen molar-refractivity contribution >= 4 is 11.0 Å². The van der Waals surface area contributed by atoms with E-state index in [1.165, 1.54) is 11.1 Å². The van der Waals surface area contributed by atoms with E-state index in [2.05, 4.69) is 18.8 Å². The normalized spacial score (nSPS) is 12.5. The summed E-state index contributed by atoms with van der Waals surface area (Å²) in [5.74, 6) is 1.69. The highest BCUT2D eigenvalue weighted by atomic mass is 16.5. The number of aromatic nitrogens is 2. The molecule has 3 rings (SSSR count). The van der Waals surface area contributed by atoms with E-state index >= 15 is 0 Å². The Morgan fingerprint density at radius 2 is 1.87 bits per heavy atom. The summed E-state index contributed by atoms with van der Waals surface area (Å²) in [5, 5.41) is 10.3. The molecule has 4 heteroatoms. The third-order valence-corrected chi connectivity index (χ3v) is 4.16. The number of aliphatic hydroxyl groups excluding tert-OH is 1. The van der Waals surface area contributed by atoms with E-state index in [0.717, 1.165) is 22.6 Å². The molecule has 2 aromatic carbocycles. The fraction of sp³-hybridized carbons (Fsp3) is 0.316. The lowest BCUT2D eigenvalue weighted by Crippen LogP contribution is -2.24. The molecule has 1 aromatic heterocycles.